The maximum Gasteiger partial charge on any atom is 0.266 e. The molecule has 1 saturated heterocycles. The summed E-state index contributed by atoms with van der Waals surface area (Å²) in [5, 5.41) is 1.96. The summed E-state index contributed by atoms with van der Waals surface area (Å²) >= 11 is 8.19. The molecule has 1 aliphatic heterocycles. The van der Waals surface area contributed by atoms with Crippen LogP contribution in [0.5, 0.6) is 0 Å². The Bertz CT molecular complexity index is 1080. The molecule has 3 aromatic rings. The van der Waals surface area contributed by atoms with E-state index < -0.39 is 0 Å². The third kappa shape index (κ3) is 4.70. The number of thioether (sulfide) groups is 1. The van der Waals surface area contributed by atoms with Crippen molar-refractivity contribution in [1.82, 2.24) is 4.90 Å². The number of carbonyl (C=O) groups excluding carboxylic acids is 2. The Balaban J connectivity index is 1.55. The van der Waals surface area contributed by atoms with Gasteiger partial charge in [-0.1, -0.05) is 78.6 Å². The minimum atomic E-state index is -0.223. The third-order valence-corrected chi connectivity index (χ3v) is 6.73. The van der Waals surface area contributed by atoms with Crippen molar-refractivity contribution in [1.29, 1.82) is 0 Å². The van der Waals surface area contributed by atoms with Crippen LogP contribution in [0.2, 0.25) is 0 Å². The molecule has 1 aliphatic rings. The molecule has 0 radical (unpaired) electrons. The van der Waals surface area contributed by atoms with Gasteiger partial charge in [-0.3, -0.25) is 14.5 Å². The Labute approximate surface area is 188 Å². The van der Waals surface area contributed by atoms with Crippen molar-refractivity contribution in [3.05, 3.63) is 93.5 Å². The number of para-hydroxylation sites is 1. The number of thiophene rings is 1. The molecular formula is C23H18N2O2S3. The van der Waals surface area contributed by atoms with E-state index in [-0.39, 0.29) is 18.4 Å². The first kappa shape index (κ1) is 20.5. The van der Waals surface area contributed by atoms with Gasteiger partial charge >= 0.3 is 0 Å². The summed E-state index contributed by atoms with van der Waals surface area (Å²) in [5.41, 5.74) is 1.80. The first-order valence-corrected chi connectivity index (χ1v) is 11.4. The van der Waals surface area contributed by atoms with Crippen LogP contribution in [0, 0.1) is 0 Å². The number of hydrogen-bond acceptors (Lipinski definition) is 5. The van der Waals surface area contributed by atoms with Crippen molar-refractivity contribution < 1.29 is 9.59 Å². The molecule has 0 spiro atoms. The summed E-state index contributed by atoms with van der Waals surface area (Å²) in [6.45, 7) is 0.331. The normalized spacial score (nSPS) is 15.1. The van der Waals surface area contributed by atoms with Gasteiger partial charge in [-0.15, -0.1) is 11.3 Å². The summed E-state index contributed by atoms with van der Waals surface area (Å²) in [7, 11) is 0. The molecule has 30 heavy (non-hydrogen) atoms. The number of carbonyl (C=O) groups is 2. The number of anilines is 1. The van der Waals surface area contributed by atoms with E-state index in [4.69, 9.17) is 12.2 Å². The maximum absolute atomic E-state index is 13.3. The highest BCUT2D eigenvalue weighted by Gasteiger charge is 2.34. The Hall–Kier alpha value is -2.74. The van der Waals surface area contributed by atoms with Crippen molar-refractivity contribution in [3.63, 3.8) is 0 Å². The minimum absolute atomic E-state index is 0.0891. The van der Waals surface area contributed by atoms with Crippen LogP contribution in [0.15, 0.2) is 83.1 Å². The van der Waals surface area contributed by atoms with Gasteiger partial charge in [0.1, 0.15) is 10.9 Å². The second-order valence-corrected chi connectivity index (χ2v) is 9.24. The maximum atomic E-state index is 13.3. The van der Waals surface area contributed by atoms with Crippen molar-refractivity contribution in [2.75, 3.05) is 11.4 Å². The summed E-state index contributed by atoms with van der Waals surface area (Å²) in [6.07, 6.45) is 1.83. The second kappa shape index (κ2) is 9.38. The van der Waals surface area contributed by atoms with Gasteiger partial charge < -0.3 is 4.90 Å². The molecule has 1 fully saturated rings. The highest BCUT2D eigenvalue weighted by atomic mass is 32.2. The van der Waals surface area contributed by atoms with E-state index in [0.717, 1.165) is 16.1 Å². The molecule has 4 nitrogen and oxygen atoms in total. The molecule has 0 saturated carbocycles. The molecule has 0 aliphatic carbocycles. The average molecular weight is 451 g/mol. The zero-order valence-electron chi connectivity index (χ0n) is 15.9. The number of benzene rings is 2. The van der Waals surface area contributed by atoms with E-state index in [1.165, 1.54) is 16.7 Å². The van der Waals surface area contributed by atoms with Crippen molar-refractivity contribution >= 4 is 63.2 Å². The van der Waals surface area contributed by atoms with Gasteiger partial charge in [-0.25, -0.2) is 0 Å². The zero-order chi connectivity index (χ0) is 20.9. The Morgan fingerprint density at radius 2 is 1.70 bits per heavy atom. The number of rotatable bonds is 6. The van der Waals surface area contributed by atoms with Gasteiger partial charge in [-0.2, -0.15) is 0 Å². The summed E-state index contributed by atoms with van der Waals surface area (Å²) < 4.78 is 0.406. The van der Waals surface area contributed by atoms with Gasteiger partial charge in [0.25, 0.3) is 5.91 Å². The highest BCUT2D eigenvalue weighted by molar-refractivity contribution is 8.26. The van der Waals surface area contributed by atoms with E-state index >= 15 is 0 Å². The fraction of sp³-hybridized carbons (Fsp3) is 0.0870. The molecule has 150 valence electrons. The number of hydrogen-bond donors (Lipinski definition) is 0. The smallest absolute Gasteiger partial charge is 0.266 e. The summed E-state index contributed by atoms with van der Waals surface area (Å²) in [5.74, 6) is -0.404. The molecule has 0 bridgehead atoms. The molecule has 0 N–H and O–H groups in total. The second-order valence-electron chi connectivity index (χ2n) is 6.58. The molecule has 2 aromatic carbocycles. The topological polar surface area (TPSA) is 40.6 Å². The summed E-state index contributed by atoms with van der Waals surface area (Å²) in [6, 6.07) is 23.1. The molecular weight excluding hydrogens is 432 g/mol. The molecule has 2 amide bonds. The van der Waals surface area contributed by atoms with Gasteiger partial charge in [0.2, 0.25) is 5.91 Å². The molecule has 0 atom stereocenters. The molecule has 1 aromatic heterocycles. The fourth-order valence-corrected chi connectivity index (χ4v) is 5.03. The van der Waals surface area contributed by atoms with Crippen LogP contribution >= 0.6 is 35.3 Å². The van der Waals surface area contributed by atoms with Crippen LogP contribution < -0.4 is 4.90 Å². The largest absolute Gasteiger partial charge is 0.306 e. The molecule has 4 rings (SSSR count). The van der Waals surface area contributed by atoms with Crippen LogP contribution in [-0.2, 0) is 16.1 Å². The number of amides is 2. The fourth-order valence-electron chi connectivity index (χ4n) is 3.06. The van der Waals surface area contributed by atoms with Gasteiger partial charge in [0, 0.05) is 10.6 Å². The van der Waals surface area contributed by atoms with Crippen LogP contribution in [0.25, 0.3) is 6.08 Å². The lowest BCUT2D eigenvalue weighted by atomic mass is 10.2. The van der Waals surface area contributed by atoms with E-state index in [9.17, 15) is 9.59 Å². The zero-order valence-corrected chi connectivity index (χ0v) is 18.4. The standard InChI is InChI=1S/C23H18N2O2S3/c26-21(16-25-22(27)20(30-23(25)28)14-19-12-7-13-29-19)24(18-10-5-2-6-11-18)15-17-8-3-1-4-9-17/h1-14H,15-16H2/b20-14-. The molecule has 2 heterocycles. The van der Waals surface area contributed by atoms with E-state index in [1.54, 1.807) is 16.2 Å². The summed E-state index contributed by atoms with van der Waals surface area (Å²) in [4.78, 5) is 30.8. The Morgan fingerprint density at radius 1 is 1.00 bits per heavy atom. The SMILES string of the molecule is O=C1/C(=C/c2cccs2)SC(=S)N1CC(=O)N(Cc1ccccc1)c1ccccc1. The molecule has 7 heteroatoms. The predicted octanol–water partition coefficient (Wildman–Crippen LogP) is 5.18. The lowest BCUT2D eigenvalue weighted by Gasteiger charge is -2.25. The first-order chi connectivity index (χ1) is 14.6. The van der Waals surface area contributed by atoms with Crippen molar-refractivity contribution in [2.45, 2.75) is 6.54 Å². The molecule has 0 unspecified atom stereocenters. The lowest BCUT2D eigenvalue weighted by molar-refractivity contribution is -0.127. The number of thiocarbonyl (C=S) groups is 1. The average Bonchev–Trinajstić information content (AvgIpc) is 3.37. The third-order valence-electron chi connectivity index (χ3n) is 4.54. The van der Waals surface area contributed by atoms with Crippen LogP contribution in [0.4, 0.5) is 5.69 Å². The quantitative estimate of drug-likeness (QED) is 0.383. The van der Waals surface area contributed by atoms with E-state index in [1.807, 2.05) is 84.3 Å². The van der Waals surface area contributed by atoms with E-state index in [2.05, 4.69) is 0 Å². The number of nitrogens with zero attached hydrogens (tertiary/aromatic N) is 2. The van der Waals surface area contributed by atoms with Crippen molar-refractivity contribution in [2.24, 2.45) is 0 Å². The monoisotopic (exact) mass is 450 g/mol. The minimum Gasteiger partial charge on any atom is -0.306 e. The first-order valence-electron chi connectivity index (χ1n) is 9.30. The lowest BCUT2D eigenvalue weighted by Crippen LogP contribution is -2.42. The van der Waals surface area contributed by atoms with Crippen molar-refractivity contribution in [3.8, 4) is 0 Å². The Morgan fingerprint density at radius 3 is 2.37 bits per heavy atom. The Kier molecular flexibility index (Phi) is 6.42. The van der Waals surface area contributed by atoms with Gasteiger partial charge in [0.15, 0.2) is 0 Å². The van der Waals surface area contributed by atoms with E-state index in [0.29, 0.717) is 15.8 Å². The predicted molar refractivity (Wildman–Crippen MR) is 128 cm³/mol. The highest BCUT2D eigenvalue weighted by Crippen LogP contribution is 2.33. The van der Waals surface area contributed by atoms with Crippen LogP contribution in [-0.4, -0.2) is 27.6 Å². The van der Waals surface area contributed by atoms with Gasteiger partial charge in [-0.05, 0) is 35.2 Å². The van der Waals surface area contributed by atoms with Crippen LogP contribution in [0.3, 0.4) is 0 Å². The van der Waals surface area contributed by atoms with Crippen LogP contribution in [0.1, 0.15) is 10.4 Å². The van der Waals surface area contributed by atoms with Gasteiger partial charge in [0.05, 0.1) is 11.4 Å².